The van der Waals surface area contributed by atoms with Crippen LogP contribution in [0.15, 0.2) is 6.20 Å². The quantitative estimate of drug-likeness (QED) is 0.444. The normalized spacial score (nSPS) is 11.1. The molecule has 18 heavy (non-hydrogen) atoms. The minimum Gasteiger partial charge on any atom is -0.542 e. The summed E-state index contributed by atoms with van der Waals surface area (Å²) in [4.78, 5) is 14.6. The predicted molar refractivity (Wildman–Crippen MR) is 65.4 cm³/mol. The molecule has 0 spiro atoms. The van der Waals surface area contributed by atoms with E-state index in [9.17, 15) is 9.90 Å². The largest absolute Gasteiger partial charge is 1.00 e. The Labute approximate surface area is 151 Å². The number of carboxylic acid groups (broad SMARTS) is 1. The summed E-state index contributed by atoms with van der Waals surface area (Å²) in [5, 5.41) is 10.8. The van der Waals surface area contributed by atoms with Crippen LogP contribution in [0, 0.1) is 6.92 Å². The summed E-state index contributed by atoms with van der Waals surface area (Å²) in [5.74, 6) is -1.35. The average Bonchev–Trinajstić information content (AvgIpc) is 2.53. The van der Waals surface area contributed by atoms with Gasteiger partial charge in [-0.15, -0.1) is 0 Å². The molecule has 0 saturated heterocycles. The summed E-state index contributed by atoms with van der Waals surface area (Å²) >= 11 is 0. The van der Waals surface area contributed by atoms with Crippen molar-refractivity contribution in [1.29, 1.82) is 0 Å². The summed E-state index contributed by atoms with van der Waals surface area (Å²) in [6.45, 7) is 9.48. The van der Waals surface area contributed by atoms with Gasteiger partial charge in [0, 0.05) is 26.6 Å². The van der Waals surface area contributed by atoms with Crippen LogP contribution in [-0.4, -0.2) is 30.2 Å². The van der Waals surface area contributed by atoms with Crippen molar-refractivity contribution in [2.75, 3.05) is 6.61 Å². The van der Waals surface area contributed by atoms with Crippen molar-refractivity contribution in [3.05, 3.63) is 17.7 Å². The van der Waals surface area contributed by atoms with E-state index in [-0.39, 0.29) is 63.9 Å². The molecule has 1 aromatic rings. The van der Waals surface area contributed by atoms with Crippen LogP contribution in [0.25, 0.3) is 0 Å². The van der Waals surface area contributed by atoms with Gasteiger partial charge >= 0.3 is 51.4 Å². The summed E-state index contributed by atoms with van der Waals surface area (Å²) in [6, 6.07) is 1.06. The average molecular weight is 294 g/mol. The van der Waals surface area contributed by atoms with Gasteiger partial charge in [0.2, 0.25) is 0 Å². The third-order valence-corrected chi connectivity index (χ3v) is 4.16. The van der Waals surface area contributed by atoms with Crippen LogP contribution in [0.5, 0.6) is 0 Å². The first kappa shape index (κ1) is 18.5. The molecule has 0 aliphatic rings. The first-order chi connectivity index (χ1) is 7.81. The molecule has 0 aliphatic heterocycles. The maximum Gasteiger partial charge on any atom is 1.00 e. The van der Waals surface area contributed by atoms with Crippen molar-refractivity contribution in [2.45, 2.75) is 39.3 Å². The fourth-order valence-electron chi connectivity index (χ4n) is 1.32. The van der Waals surface area contributed by atoms with E-state index in [0.717, 1.165) is 11.7 Å². The number of rotatable bonds is 6. The van der Waals surface area contributed by atoms with E-state index in [1.807, 2.05) is 0 Å². The van der Waals surface area contributed by atoms with E-state index in [4.69, 9.17) is 4.74 Å². The molecule has 0 amide bonds. The van der Waals surface area contributed by atoms with E-state index >= 15 is 0 Å². The number of ether oxygens (including phenoxy) is 1. The van der Waals surface area contributed by atoms with Crippen molar-refractivity contribution < 1.29 is 66.0 Å². The maximum absolute atomic E-state index is 10.8. The van der Waals surface area contributed by atoms with Crippen LogP contribution in [0.4, 0.5) is 0 Å². The van der Waals surface area contributed by atoms with Gasteiger partial charge in [-0.2, -0.15) is 0 Å². The molecular weight excluding hydrogens is 275 g/mol. The summed E-state index contributed by atoms with van der Waals surface area (Å²) < 4.78 is 7.01. The van der Waals surface area contributed by atoms with Crippen molar-refractivity contribution >= 4 is 14.0 Å². The Morgan fingerprint density at radius 3 is 2.61 bits per heavy atom. The van der Waals surface area contributed by atoms with E-state index in [1.54, 1.807) is 6.92 Å². The zero-order chi connectivity index (χ0) is 13.1. The van der Waals surface area contributed by atoms with Crippen LogP contribution in [0.1, 0.15) is 16.3 Å². The number of hydrogen-bond donors (Lipinski definition) is 0. The van der Waals surface area contributed by atoms with Gasteiger partial charge in [0.1, 0.15) is 12.7 Å². The van der Waals surface area contributed by atoms with E-state index in [1.165, 1.54) is 10.8 Å². The molecule has 96 valence electrons. The number of carbonyl (C=O) groups excluding carboxylic acids is 1. The number of imidazole rings is 1. The Bertz CT molecular complexity index is 401. The first-order valence-electron chi connectivity index (χ1n) is 5.62. The van der Waals surface area contributed by atoms with Crippen LogP contribution < -0.4 is 56.5 Å². The number of aryl methyl sites for hydroxylation is 1. The number of carboxylic acids is 1. The van der Waals surface area contributed by atoms with Crippen LogP contribution in [0.2, 0.25) is 25.7 Å². The van der Waals surface area contributed by atoms with Crippen molar-refractivity contribution in [2.24, 2.45) is 0 Å². The Morgan fingerprint density at radius 1 is 1.50 bits per heavy atom. The Morgan fingerprint density at radius 2 is 2.11 bits per heavy atom. The topological polar surface area (TPSA) is 67.2 Å². The molecule has 0 bridgehead atoms. The zero-order valence-electron chi connectivity index (χ0n) is 11.8. The Balaban J connectivity index is 0.00000289. The van der Waals surface area contributed by atoms with Gasteiger partial charge in [-0.1, -0.05) is 19.6 Å². The second-order valence-corrected chi connectivity index (χ2v) is 10.9. The zero-order valence-corrected chi connectivity index (χ0v) is 15.9. The second kappa shape index (κ2) is 7.93. The number of aromatic nitrogens is 2. The van der Waals surface area contributed by atoms with Gasteiger partial charge in [0.05, 0.1) is 0 Å². The molecule has 0 N–H and O–H groups in total. The molecule has 0 aliphatic carbocycles. The van der Waals surface area contributed by atoms with Gasteiger partial charge in [0.25, 0.3) is 0 Å². The molecule has 5 nitrogen and oxygen atoms in total. The smallest absolute Gasteiger partial charge is 0.542 e. The Hall–Kier alpha value is 0.493. The van der Waals surface area contributed by atoms with E-state index in [0.29, 0.717) is 6.61 Å². The number of hydrogen-bond acceptors (Lipinski definition) is 4. The molecule has 7 heteroatoms. The van der Waals surface area contributed by atoms with Crippen LogP contribution in [0.3, 0.4) is 0 Å². The SMILES string of the molecule is Cc1cnc(C(=O)[O-])n1COCC[Si](C)(C)C.[K+]. The number of nitrogens with zero attached hydrogens (tertiary/aromatic N) is 2. The van der Waals surface area contributed by atoms with Gasteiger partial charge in [0.15, 0.2) is 5.82 Å². The molecular formula is C11H19KN2O3Si. The van der Waals surface area contributed by atoms with Crippen molar-refractivity contribution in [3.8, 4) is 0 Å². The third-order valence-electron chi connectivity index (χ3n) is 2.45. The minimum atomic E-state index is -1.27. The van der Waals surface area contributed by atoms with Gasteiger partial charge in [-0.25, -0.2) is 4.98 Å². The molecule has 1 aromatic heterocycles. The Kier molecular flexibility index (Phi) is 8.15. The van der Waals surface area contributed by atoms with Gasteiger partial charge in [-0.3, -0.25) is 0 Å². The minimum absolute atomic E-state index is 0. The van der Waals surface area contributed by atoms with Crippen LogP contribution in [-0.2, 0) is 11.5 Å². The standard InChI is InChI=1S/C11H20N2O3Si.K/c1-9-7-12-10(11(14)15)13(9)8-16-5-6-17(2,3)4;/h7H,5-6,8H2,1-4H3,(H,14,15);/q;+1/p-1. The summed E-state index contributed by atoms with van der Waals surface area (Å²) in [7, 11) is -1.11. The fraction of sp³-hybridized carbons (Fsp3) is 0.636. The first-order valence-corrected chi connectivity index (χ1v) is 9.33. The monoisotopic (exact) mass is 294 g/mol. The third kappa shape index (κ3) is 6.09. The predicted octanol–water partition coefficient (Wildman–Crippen LogP) is -2.13. The van der Waals surface area contributed by atoms with Crippen molar-refractivity contribution in [1.82, 2.24) is 9.55 Å². The number of carbonyl (C=O) groups is 1. The van der Waals surface area contributed by atoms with E-state index < -0.39 is 14.0 Å². The second-order valence-electron chi connectivity index (χ2n) is 5.29. The van der Waals surface area contributed by atoms with E-state index in [2.05, 4.69) is 24.6 Å². The van der Waals surface area contributed by atoms with Crippen LogP contribution >= 0.6 is 0 Å². The maximum atomic E-state index is 10.8. The summed E-state index contributed by atoms with van der Waals surface area (Å²) in [6.07, 6.45) is 1.51. The van der Waals surface area contributed by atoms with Crippen molar-refractivity contribution in [3.63, 3.8) is 0 Å². The molecule has 0 aromatic carbocycles. The molecule has 0 atom stereocenters. The molecule has 1 heterocycles. The van der Waals surface area contributed by atoms with Gasteiger partial charge < -0.3 is 19.2 Å². The molecule has 0 radical (unpaired) electrons. The summed E-state index contributed by atoms with van der Waals surface area (Å²) in [5.41, 5.74) is 0.761. The molecule has 0 fully saturated rings. The van der Waals surface area contributed by atoms with Gasteiger partial charge in [-0.05, 0) is 13.0 Å². The molecule has 0 saturated carbocycles. The fourth-order valence-corrected chi connectivity index (χ4v) is 2.08. The molecule has 0 unspecified atom stereocenters. The number of aromatic carboxylic acids is 1. The molecule has 1 rings (SSSR count).